The Balaban J connectivity index is 1.93. The Morgan fingerprint density at radius 2 is 1.70 bits per heavy atom. The van der Waals surface area contributed by atoms with Gasteiger partial charge in [-0.05, 0) is 32.3 Å². The van der Waals surface area contributed by atoms with E-state index in [2.05, 4.69) is 4.98 Å². The van der Waals surface area contributed by atoms with Gasteiger partial charge in [0, 0.05) is 35.4 Å². The van der Waals surface area contributed by atoms with Crippen LogP contribution in [-0.4, -0.2) is 68.0 Å². The number of aromatic nitrogens is 1. The number of imide groups is 1. The second kappa shape index (κ2) is 6.28. The lowest BCUT2D eigenvalue weighted by Crippen LogP contribution is -2.35. The fourth-order valence-electron chi connectivity index (χ4n) is 3.60. The second-order valence-corrected chi connectivity index (χ2v) is 6.85. The zero-order valence-electron chi connectivity index (χ0n) is 15.8. The lowest BCUT2D eigenvalue weighted by Gasteiger charge is -2.16. The van der Waals surface area contributed by atoms with Crippen LogP contribution in [0.1, 0.15) is 20.7 Å². The molecule has 2 aromatic carbocycles. The minimum absolute atomic E-state index is 0.242. The average molecular weight is 367 g/mol. The van der Waals surface area contributed by atoms with Gasteiger partial charge in [-0.3, -0.25) is 14.5 Å². The highest BCUT2D eigenvalue weighted by molar-refractivity contribution is 6.30. The van der Waals surface area contributed by atoms with E-state index >= 15 is 0 Å². The van der Waals surface area contributed by atoms with Crippen LogP contribution in [0.3, 0.4) is 0 Å². The molecule has 0 saturated carbocycles. The zero-order chi connectivity index (χ0) is 19.3. The minimum Gasteiger partial charge on any atom is -0.493 e. The van der Waals surface area contributed by atoms with E-state index < -0.39 is 0 Å². The third-order valence-corrected chi connectivity index (χ3v) is 4.97. The summed E-state index contributed by atoms with van der Waals surface area (Å²) in [6.07, 6.45) is 0. The fraction of sp³-hybridized carbons (Fsp3) is 0.300. The normalized spacial score (nSPS) is 13.9. The maximum absolute atomic E-state index is 13.1. The summed E-state index contributed by atoms with van der Waals surface area (Å²) in [4.78, 5) is 32.4. The number of amides is 2. The molecule has 0 saturated heterocycles. The van der Waals surface area contributed by atoms with Crippen molar-refractivity contribution in [1.82, 2.24) is 14.8 Å². The topological polar surface area (TPSA) is 74.9 Å². The average Bonchev–Trinajstić information content (AvgIpc) is 3.13. The molecule has 2 heterocycles. The number of benzene rings is 2. The van der Waals surface area contributed by atoms with Crippen molar-refractivity contribution in [3.8, 4) is 11.5 Å². The van der Waals surface area contributed by atoms with Gasteiger partial charge < -0.3 is 19.4 Å². The maximum Gasteiger partial charge on any atom is 0.262 e. The number of nitrogens with zero attached hydrogens (tertiary/aromatic N) is 2. The molecule has 0 unspecified atom stereocenters. The van der Waals surface area contributed by atoms with Crippen LogP contribution >= 0.6 is 0 Å². The molecule has 140 valence electrons. The molecule has 0 bridgehead atoms. The lowest BCUT2D eigenvalue weighted by atomic mass is 10.0. The summed E-state index contributed by atoms with van der Waals surface area (Å²) >= 11 is 0. The molecule has 7 heteroatoms. The van der Waals surface area contributed by atoms with Crippen molar-refractivity contribution in [2.45, 2.75) is 0 Å². The first-order valence-electron chi connectivity index (χ1n) is 8.67. The molecular weight excluding hydrogens is 346 g/mol. The number of ether oxygens (including phenoxy) is 2. The molecule has 4 rings (SSSR count). The van der Waals surface area contributed by atoms with Crippen molar-refractivity contribution in [2.24, 2.45) is 0 Å². The molecule has 0 fully saturated rings. The predicted octanol–water partition coefficient (Wildman–Crippen LogP) is 2.50. The quantitative estimate of drug-likeness (QED) is 0.702. The molecule has 1 aliphatic heterocycles. The smallest absolute Gasteiger partial charge is 0.262 e. The van der Waals surface area contributed by atoms with E-state index in [1.807, 2.05) is 37.2 Å². The van der Waals surface area contributed by atoms with Gasteiger partial charge in [-0.25, -0.2) is 0 Å². The Kier molecular flexibility index (Phi) is 4.04. The van der Waals surface area contributed by atoms with Gasteiger partial charge in [0.05, 0.1) is 30.9 Å². The number of methoxy groups -OCH3 is 2. The molecular formula is C20H21N3O4. The van der Waals surface area contributed by atoms with E-state index in [4.69, 9.17) is 9.47 Å². The molecule has 0 atom stereocenters. The van der Waals surface area contributed by atoms with Crippen LogP contribution in [0, 0.1) is 0 Å². The summed E-state index contributed by atoms with van der Waals surface area (Å²) in [5, 5.41) is 1.57. The van der Waals surface area contributed by atoms with Crippen LogP contribution in [0.15, 0.2) is 24.3 Å². The Morgan fingerprint density at radius 1 is 1.00 bits per heavy atom. The van der Waals surface area contributed by atoms with Gasteiger partial charge in [-0.15, -0.1) is 0 Å². The molecule has 2 amide bonds. The van der Waals surface area contributed by atoms with Gasteiger partial charge in [0.15, 0.2) is 11.5 Å². The highest BCUT2D eigenvalue weighted by Crippen LogP contribution is 2.39. The number of H-pyrrole nitrogens is 1. The number of likely N-dealkylation sites (N-methyl/N-ethyl adjacent to an activating group) is 1. The third kappa shape index (κ3) is 2.54. The molecule has 3 aromatic rings. The largest absolute Gasteiger partial charge is 0.493 e. The number of hydrogen-bond acceptors (Lipinski definition) is 5. The van der Waals surface area contributed by atoms with E-state index in [-0.39, 0.29) is 11.8 Å². The van der Waals surface area contributed by atoms with E-state index in [1.54, 1.807) is 20.3 Å². The molecule has 0 spiro atoms. The predicted molar refractivity (Wildman–Crippen MR) is 103 cm³/mol. The van der Waals surface area contributed by atoms with Gasteiger partial charge >= 0.3 is 0 Å². The standard InChI is InChI=1S/C20H21N3O4/c1-22(2)7-8-23-19(24)11-5-6-13-17(18(11)20(23)25)12-9-15(26-3)16(27-4)10-14(12)21-13/h5-6,9-10,21H,7-8H2,1-4H3. The van der Waals surface area contributed by atoms with Crippen LogP contribution in [0.4, 0.5) is 0 Å². The van der Waals surface area contributed by atoms with Gasteiger partial charge in [0.2, 0.25) is 0 Å². The van der Waals surface area contributed by atoms with E-state index in [0.29, 0.717) is 35.7 Å². The van der Waals surface area contributed by atoms with Crippen LogP contribution in [0.2, 0.25) is 0 Å². The van der Waals surface area contributed by atoms with Crippen LogP contribution in [-0.2, 0) is 0 Å². The first-order valence-corrected chi connectivity index (χ1v) is 8.67. The Morgan fingerprint density at radius 3 is 2.37 bits per heavy atom. The maximum atomic E-state index is 13.1. The summed E-state index contributed by atoms with van der Waals surface area (Å²) < 4.78 is 10.8. The van der Waals surface area contributed by atoms with E-state index in [9.17, 15) is 9.59 Å². The van der Waals surface area contributed by atoms with Gasteiger partial charge in [-0.2, -0.15) is 0 Å². The SMILES string of the molecule is COc1cc2[nH]c3ccc4c(c3c2cc1OC)C(=O)N(CCN(C)C)C4=O. The van der Waals surface area contributed by atoms with Crippen molar-refractivity contribution in [3.05, 3.63) is 35.4 Å². The van der Waals surface area contributed by atoms with Crippen LogP contribution in [0.25, 0.3) is 21.8 Å². The first-order chi connectivity index (χ1) is 13.0. The molecule has 1 aliphatic rings. The van der Waals surface area contributed by atoms with Crippen molar-refractivity contribution < 1.29 is 19.1 Å². The highest BCUT2D eigenvalue weighted by atomic mass is 16.5. The van der Waals surface area contributed by atoms with Crippen molar-refractivity contribution in [1.29, 1.82) is 0 Å². The Bertz CT molecular complexity index is 1080. The van der Waals surface area contributed by atoms with Gasteiger partial charge in [0.1, 0.15) is 0 Å². The molecule has 1 aromatic heterocycles. The Labute approximate surface area is 156 Å². The van der Waals surface area contributed by atoms with Gasteiger partial charge in [0.25, 0.3) is 11.8 Å². The number of fused-ring (bicyclic) bond motifs is 5. The van der Waals surface area contributed by atoms with E-state index in [1.165, 1.54) is 4.90 Å². The molecule has 27 heavy (non-hydrogen) atoms. The van der Waals surface area contributed by atoms with Crippen molar-refractivity contribution in [3.63, 3.8) is 0 Å². The van der Waals surface area contributed by atoms with Crippen molar-refractivity contribution >= 4 is 33.6 Å². The number of aromatic amines is 1. The zero-order valence-corrected chi connectivity index (χ0v) is 15.8. The summed E-state index contributed by atoms with van der Waals surface area (Å²) in [5.74, 6) is 0.680. The highest BCUT2D eigenvalue weighted by Gasteiger charge is 2.37. The monoisotopic (exact) mass is 367 g/mol. The number of nitrogens with one attached hydrogen (secondary N) is 1. The number of hydrogen-bond donors (Lipinski definition) is 1. The molecule has 7 nitrogen and oxygen atoms in total. The summed E-state index contributed by atoms with van der Waals surface area (Å²) in [7, 11) is 6.97. The summed E-state index contributed by atoms with van der Waals surface area (Å²) in [6, 6.07) is 7.24. The Hall–Kier alpha value is -3.06. The van der Waals surface area contributed by atoms with Crippen LogP contribution < -0.4 is 9.47 Å². The second-order valence-electron chi connectivity index (χ2n) is 6.85. The molecule has 0 radical (unpaired) electrons. The number of rotatable bonds is 5. The number of carbonyl (C=O) groups excluding carboxylic acids is 2. The van der Waals surface area contributed by atoms with Gasteiger partial charge in [-0.1, -0.05) is 0 Å². The number of carbonyl (C=O) groups is 2. The summed E-state index contributed by atoms with van der Waals surface area (Å²) in [6.45, 7) is 0.980. The lowest BCUT2D eigenvalue weighted by molar-refractivity contribution is 0.0645. The molecule has 0 aliphatic carbocycles. The summed E-state index contributed by atoms with van der Waals surface area (Å²) in [5.41, 5.74) is 2.52. The molecule has 1 N–H and O–H groups in total. The van der Waals surface area contributed by atoms with Crippen molar-refractivity contribution in [2.75, 3.05) is 41.4 Å². The van der Waals surface area contributed by atoms with Crippen LogP contribution in [0.5, 0.6) is 11.5 Å². The fourth-order valence-corrected chi connectivity index (χ4v) is 3.60. The first kappa shape index (κ1) is 17.4. The third-order valence-electron chi connectivity index (χ3n) is 4.97. The minimum atomic E-state index is -0.252. The van der Waals surface area contributed by atoms with E-state index in [0.717, 1.165) is 21.8 Å².